The molecule has 0 saturated carbocycles. The van der Waals surface area contributed by atoms with E-state index in [-0.39, 0.29) is 17.4 Å². The summed E-state index contributed by atoms with van der Waals surface area (Å²) in [6, 6.07) is 20.3. The molecule has 1 aromatic heterocycles. The molecule has 0 bridgehead atoms. The van der Waals surface area contributed by atoms with Gasteiger partial charge < -0.3 is 10.0 Å². The maximum atomic E-state index is 13.4. The number of hydrogen-bond acceptors (Lipinski definition) is 4. The molecule has 5 heteroatoms. The third-order valence-corrected chi connectivity index (χ3v) is 5.00. The van der Waals surface area contributed by atoms with Gasteiger partial charge in [0.15, 0.2) is 5.78 Å². The van der Waals surface area contributed by atoms with Crippen LogP contribution in [0.5, 0.6) is 5.75 Å². The summed E-state index contributed by atoms with van der Waals surface area (Å²) in [7, 11) is 0. The van der Waals surface area contributed by atoms with Crippen LogP contribution in [0.15, 0.2) is 84.6 Å². The molecule has 2 heterocycles. The van der Waals surface area contributed by atoms with Crippen molar-refractivity contribution in [2.75, 3.05) is 6.54 Å². The Balaban J connectivity index is 1.71. The standard InChI is InChI=1S/C24H20N2O3/c27-21-11-9-18(10-12-21)24(29)26-15-13-19(16-20-8-4-5-14-25-20)23(28)22(26)17-6-2-1-3-7-17/h1-12,14,16,22,27H,13,15H2. The number of ketones is 1. The molecule has 29 heavy (non-hydrogen) atoms. The summed E-state index contributed by atoms with van der Waals surface area (Å²) in [5, 5.41) is 9.50. The number of hydrogen-bond donors (Lipinski definition) is 1. The van der Waals surface area contributed by atoms with Crippen LogP contribution in [-0.4, -0.2) is 33.2 Å². The second-order valence-electron chi connectivity index (χ2n) is 6.90. The zero-order valence-corrected chi connectivity index (χ0v) is 15.7. The van der Waals surface area contributed by atoms with E-state index in [1.807, 2.05) is 48.5 Å². The third-order valence-electron chi connectivity index (χ3n) is 5.00. The van der Waals surface area contributed by atoms with Gasteiger partial charge in [-0.05, 0) is 54.5 Å². The third kappa shape index (κ3) is 3.94. The molecule has 1 N–H and O–H groups in total. The van der Waals surface area contributed by atoms with Crippen molar-refractivity contribution in [3.05, 3.63) is 101 Å². The highest BCUT2D eigenvalue weighted by atomic mass is 16.3. The summed E-state index contributed by atoms with van der Waals surface area (Å²) in [6.45, 7) is 0.420. The molecule has 3 aromatic rings. The lowest BCUT2D eigenvalue weighted by Gasteiger charge is -2.36. The first-order chi connectivity index (χ1) is 14.1. The van der Waals surface area contributed by atoms with Crippen LogP contribution >= 0.6 is 0 Å². The molecule has 1 aliphatic rings. The minimum absolute atomic E-state index is 0.0939. The topological polar surface area (TPSA) is 70.5 Å². The number of pyridine rings is 1. The van der Waals surface area contributed by atoms with Crippen LogP contribution in [0.1, 0.15) is 34.1 Å². The van der Waals surface area contributed by atoms with Crippen LogP contribution in [0.4, 0.5) is 0 Å². The van der Waals surface area contributed by atoms with Crippen molar-refractivity contribution in [1.29, 1.82) is 0 Å². The maximum absolute atomic E-state index is 13.4. The van der Waals surface area contributed by atoms with Crippen molar-refractivity contribution in [3.63, 3.8) is 0 Å². The number of nitrogens with zero attached hydrogens (tertiary/aromatic N) is 2. The summed E-state index contributed by atoms with van der Waals surface area (Å²) in [5.74, 6) is -0.235. The normalized spacial score (nSPS) is 18.1. The Labute approximate surface area is 169 Å². The zero-order valence-electron chi connectivity index (χ0n) is 15.7. The Morgan fingerprint density at radius 3 is 2.41 bits per heavy atom. The van der Waals surface area contributed by atoms with Crippen LogP contribution in [0.25, 0.3) is 6.08 Å². The Morgan fingerprint density at radius 2 is 1.72 bits per heavy atom. The van der Waals surface area contributed by atoms with Gasteiger partial charge in [0.1, 0.15) is 11.8 Å². The lowest BCUT2D eigenvalue weighted by atomic mass is 9.89. The van der Waals surface area contributed by atoms with E-state index < -0.39 is 6.04 Å². The number of phenolic OH excluding ortho intramolecular Hbond substituents is 1. The number of likely N-dealkylation sites (tertiary alicyclic amines) is 1. The lowest BCUT2D eigenvalue weighted by Crippen LogP contribution is -2.44. The van der Waals surface area contributed by atoms with E-state index in [0.29, 0.717) is 24.1 Å². The SMILES string of the molecule is O=C1C(=Cc2ccccn2)CCN(C(=O)c2ccc(O)cc2)C1c1ccccc1. The number of phenols is 1. The predicted octanol–water partition coefficient (Wildman–Crippen LogP) is 4.03. The van der Waals surface area contributed by atoms with Gasteiger partial charge in [0.05, 0.1) is 5.69 Å². The van der Waals surface area contributed by atoms with E-state index in [9.17, 15) is 14.7 Å². The number of aromatic hydroxyl groups is 1. The Hall–Kier alpha value is -3.73. The molecular formula is C24H20N2O3. The van der Waals surface area contributed by atoms with E-state index in [2.05, 4.69) is 4.98 Å². The Morgan fingerprint density at radius 1 is 1.00 bits per heavy atom. The number of aromatic nitrogens is 1. The monoisotopic (exact) mass is 384 g/mol. The fourth-order valence-electron chi connectivity index (χ4n) is 3.55. The molecule has 4 rings (SSSR count). The van der Waals surface area contributed by atoms with E-state index >= 15 is 0 Å². The summed E-state index contributed by atoms with van der Waals surface area (Å²) < 4.78 is 0. The quantitative estimate of drug-likeness (QED) is 0.692. The number of carbonyl (C=O) groups excluding carboxylic acids is 2. The molecule has 1 saturated heterocycles. The van der Waals surface area contributed by atoms with Gasteiger partial charge in [0.2, 0.25) is 0 Å². The fourth-order valence-corrected chi connectivity index (χ4v) is 3.55. The van der Waals surface area contributed by atoms with Crippen molar-refractivity contribution in [2.45, 2.75) is 12.5 Å². The number of piperidine rings is 1. The molecule has 1 amide bonds. The predicted molar refractivity (Wildman–Crippen MR) is 110 cm³/mol. The van der Waals surface area contributed by atoms with Gasteiger partial charge in [-0.3, -0.25) is 14.6 Å². The highest BCUT2D eigenvalue weighted by Crippen LogP contribution is 2.33. The number of amides is 1. The molecule has 0 radical (unpaired) electrons. The van der Waals surface area contributed by atoms with Crippen molar-refractivity contribution in [1.82, 2.24) is 9.88 Å². The first kappa shape index (κ1) is 18.6. The highest BCUT2D eigenvalue weighted by molar-refractivity contribution is 6.07. The highest BCUT2D eigenvalue weighted by Gasteiger charge is 2.37. The van der Waals surface area contributed by atoms with Crippen LogP contribution in [0.3, 0.4) is 0 Å². The Kier molecular flexibility index (Phi) is 5.20. The summed E-state index contributed by atoms with van der Waals surface area (Å²) in [4.78, 5) is 32.5. The van der Waals surface area contributed by atoms with Gasteiger partial charge >= 0.3 is 0 Å². The fraction of sp³-hybridized carbons (Fsp3) is 0.125. The molecule has 5 nitrogen and oxygen atoms in total. The van der Waals surface area contributed by atoms with Gasteiger partial charge in [0.25, 0.3) is 5.91 Å². The zero-order chi connectivity index (χ0) is 20.2. The number of carbonyl (C=O) groups is 2. The smallest absolute Gasteiger partial charge is 0.254 e. The van der Waals surface area contributed by atoms with Crippen LogP contribution in [0.2, 0.25) is 0 Å². The number of rotatable bonds is 3. The number of benzene rings is 2. The van der Waals surface area contributed by atoms with Crippen molar-refractivity contribution in [3.8, 4) is 5.75 Å². The molecule has 1 fully saturated rings. The Bertz CT molecular complexity index is 1040. The largest absolute Gasteiger partial charge is 0.508 e. The average molecular weight is 384 g/mol. The minimum Gasteiger partial charge on any atom is -0.508 e. The summed E-state index contributed by atoms with van der Waals surface area (Å²) in [5.41, 5.74) is 2.60. The summed E-state index contributed by atoms with van der Waals surface area (Å²) >= 11 is 0. The van der Waals surface area contributed by atoms with E-state index in [4.69, 9.17) is 0 Å². The second-order valence-corrected chi connectivity index (χ2v) is 6.90. The van der Waals surface area contributed by atoms with E-state index in [1.54, 1.807) is 29.3 Å². The van der Waals surface area contributed by atoms with Crippen molar-refractivity contribution in [2.24, 2.45) is 0 Å². The molecular weight excluding hydrogens is 364 g/mol. The molecule has 0 aliphatic carbocycles. The van der Waals surface area contributed by atoms with Gasteiger partial charge in [-0.15, -0.1) is 0 Å². The van der Waals surface area contributed by atoms with Gasteiger partial charge in [-0.25, -0.2) is 0 Å². The van der Waals surface area contributed by atoms with Crippen LogP contribution < -0.4 is 0 Å². The lowest BCUT2D eigenvalue weighted by molar-refractivity contribution is -0.121. The molecule has 1 aliphatic heterocycles. The van der Waals surface area contributed by atoms with E-state index in [0.717, 1.165) is 11.3 Å². The van der Waals surface area contributed by atoms with Crippen molar-refractivity contribution >= 4 is 17.8 Å². The average Bonchev–Trinajstić information content (AvgIpc) is 2.76. The summed E-state index contributed by atoms with van der Waals surface area (Å²) in [6.07, 6.45) is 3.96. The molecule has 1 atom stereocenters. The van der Waals surface area contributed by atoms with Gasteiger partial charge in [-0.1, -0.05) is 36.4 Å². The molecule has 2 aromatic carbocycles. The second kappa shape index (κ2) is 8.10. The van der Waals surface area contributed by atoms with Crippen molar-refractivity contribution < 1.29 is 14.7 Å². The van der Waals surface area contributed by atoms with Crippen LogP contribution in [0, 0.1) is 0 Å². The first-order valence-electron chi connectivity index (χ1n) is 9.44. The molecule has 1 unspecified atom stereocenters. The number of Topliss-reactive ketones (excluding diaryl/α,β-unsaturated/α-hetero) is 1. The van der Waals surface area contributed by atoms with Gasteiger partial charge in [-0.2, -0.15) is 0 Å². The first-order valence-corrected chi connectivity index (χ1v) is 9.44. The van der Waals surface area contributed by atoms with Crippen LogP contribution in [-0.2, 0) is 4.79 Å². The maximum Gasteiger partial charge on any atom is 0.254 e. The molecule has 0 spiro atoms. The van der Waals surface area contributed by atoms with Gasteiger partial charge in [0, 0.05) is 23.9 Å². The minimum atomic E-state index is -0.693. The molecule has 144 valence electrons. The van der Waals surface area contributed by atoms with E-state index in [1.165, 1.54) is 12.1 Å².